The molecule has 5 rings (SSSR count). The van der Waals surface area contributed by atoms with E-state index in [-0.39, 0.29) is 5.91 Å². The van der Waals surface area contributed by atoms with E-state index in [0.717, 1.165) is 52.7 Å². The highest BCUT2D eigenvalue weighted by Crippen LogP contribution is 2.33. The minimum absolute atomic E-state index is 0.156. The number of fused-ring (bicyclic) bond motifs is 1. The van der Waals surface area contributed by atoms with Crippen LogP contribution in [-0.2, 0) is 13.2 Å². The Hall–Kier alpha value is -3.11. The molecule has 4 nitrogen and oxygen atoms in total. The first-order valence-corrected chi connectivity index (χ1v) is 11.4. The fraction of sp³-hybridized carbons (Fsp3) is 0.259. The quantitative estimate of drug-likeness (QED) is 0.418. The molecule has 0 saturated heterocycles. The number of ether oxygens (including phenoxy) is 1. The second-order valence-electron chi connectivity index (χ2n) is 8.53. The molecule has 1 amide bonds. The predicted molar refractivity (Wildman–Crippen MR) is 125 cm³/mol. The maximum Gasteiger partial charge on any atom is 0.254 e. The third kappa shape index (κ3) is 4.03. The highest BCUT2D eigenvalue weighted by atomic mass is 35.5. The van der Waals surface area contributed by atoms with Crippen molar-refractivity contribution in [1.29, 1.82) is 0 Å². The fourth-order valence-electron chi connectivity index (χ4n) is 4.74. The van der Waals surface area contributed by atoms with Crippen LogP contribution in [0.5, 0.6) is 5.75 Å². The maximum absolute atomic E-state index is 12.8. The largest absolute Gasteiger partial charge is 0.489 e. The van der Waals surface area contributed by atoms with Crippen molar-refractivity contribution in [2.24, 2.45) is 0 Å². The number of hydrogen-bond donors (Lipinski definition) is 0. The van der Waals surface area contributed by atoms with Crippen molar-refractivity contribution in [1.82, 2.24) is 4.90 Å². The summed E-state index contributed by atoms with van der Waals surface area (Å²) in [5.41, 5.74) is 5.29. The van der Waals surface area contributed by atoms with Gasteiger partial charge in [-0.1, -0.05) is 48.7 Å². The van der Waals surface area contributed by atoms with Crippen LogP contribution < -0.4 is 4.74 Å². The van der Waals surface area contributed by atoms with Crippen molar-refractivity contribution in [3.05, 3.63) is 87.9 Å². The van der Waals surface area contributed by atoms with Crippen LogP contribution in [0.25, 0.3) is 11.1 Å². The normalized spacial score (nSPS) is 15.8. The monoisotopic (exact) mass is 445 g/mol. The highest BCUT2D eigenvalue weighted by molar-refractivity contribution is 6.33. The highest BCUT2D eigenvalue weighted by Gasteiger charge is 2.34. The molecular weight excluding hydrogens is 422 g/mol. The van der Waals surface area contributed by atoms with Crippen molar-refractivity contribution in [2.45, 2.75) is 44.9 Å². The molecule has 32 heavy (non-hydrogen) atoms. The summed E-state index contributed by atoms with van der Waals surface area (Å²) in [7, 11) is 0. The average molecular weight is 446 g/mol. The topological polar surface area (TPSA) is 46.6 Å². The Morgan fingerprint density at radius 1 is 1.00 bits per heavy atom. The molecule has 0 aromatic heterocycles. The minimum Gasteiger partial charge on any atom is -0.489 e. The number of rotatable bonds is 6. The Balaban J connectivity index is 1.29. The first-order chi connectivity index (χ1) is 15.6. The lowest BCUT2D eigenvalue weighted by Gasteiger charge is -2.23. The fourth-order valence-corrected chi connectivity index (χ4v) is 4.90. The molecule has 1 aliphatic carbocycles. The van der Waals surface area contributed by atoms with Crippen LogP contribution in [0, 0.1) is 0 Å². The molecule has 0 atom stereocenters. The van der Waals surface area contributed by atoms with Gasteiger partial charge >= 0.3 is 0 Å². The molecular formula is C27H24ClNO3. The number of benzene rings is 3. The smallest absolute Gasteiger partial charge is 0.254 e. The van der Waals surface area contributed by atoms with Crippen molar-refractivity contribution < 1.29 is 14.3 Å². The van der Waals surface area contributed by atoms with Crippen LogP contribution >= 0.6 is 11.6 Å². The van der Waals surface area contributed by atoms with Crippen LogP contribution in [0.2, 0.25) is 5.02 Å². The maximum atomic E-state index is 12.8. The summed E-state index contributed by atoms with van der Waals surface area (Å²) in [5, 5.41) is 0.449. The Morgan fingerprint density at radius 3 is 2.62 bits per heavy atom. The molecule has 1 aliphatic heterocycles. The number of amides is 1. The lowest BCUT2D eigenvalue weighted by atomic mass is 10.0. The number of carbonyl (C=O) groups is 2. The zero-order valence-electron chi connectivity index (χ0n) is 17.7. The summed E-state index contributed by atoms with van der Waals surface area (Å²) < 4.78 is 6.06. The zero-order chi connectivity index (χ0) is 22.1. The summed E-state index contributed by atoms with van der Waals surface area (Å²) in [6.07, 6.45) is 5.42. The minimum atomic E-state index is 0.156. The van der Waals surface area contributed by atoms with E-state index in [4.69, 9.17) is 16.3 Å². The van der Waals surface area contributed by atoms with E-state index in [1.54, 1.807) is 12.1 Å². The lowest BCUT2D eigenvalue weighted by molar-refractivity contribution is 0.0707. The zero-order valence-corrected chi connectivity index (χ0v) is 18.5. The molecule has 3 aromatic carbocycles. The van der Waals surface area contributed by atoms with Gasteiger partial charge < -0.3 is 9.64 Å². The number of nitrogens with zero attached hydrogens (tertiary/aromatic N) is 1. The van der Waals surface area contributed by atoms with Crippen molar-refractivity contribution >= 4 is 23.8 Å². The van der Waals surface area contributed by atoms with Crippen molar-refractivity contribution in [3.8, 4) is 16.9 Å². The van der Waals surface area contributed by atoms with Crippen molar-refractivity contribution in [2.75, 3.05) is 0 Å². The van der Waals surface area contributed by atoms with E-state index in [9.17, 15) is 9.59 Å². The second-order valence-corrected chi connectivity index (χ2v) is 8.94. The number of hydrogen-bond acceptors (Lipinski definition) is 3. The van der Waals surface area contributed by atoms with Crippen LogP contribution in [0.4, 0.5) is 0 Å². The van der Waals surface area contributed by atoms with Crippen LogP contribution in [0.1, 0.15) is 57.5 Å². The van der Waals surface area contributed by atoms with Crippen molar-refractivity contribution in [3.63, 3.8) is 0 Å². The van der Waals surface area contributed by atoms with E-state index in [1.165, 1.54) is 12.8 Å². The molecule has 0 N–H and O–H groups in total. The van der Waals surface area contributed by atoms with Gasteiger partial charge in [0.1, 0.15) is 12.4 Å². The number of halogens is 1. The standard InChI is InChI=1S/C27H24ClNO3/c28-26-11-8-20(13-22(26)16-30)19-5-3-4-18(12-19)17-32-24-9-10-25-21(14-24)15-29(27(25)31)23-6-1-2-7-23/h3-5,8-14,16,23H,1-2,6-7,15,17H2. The van der Waals surface area contributed by atoms with Gasteiger partial charge in [0, 0.05) is 23.7 Å². The number of aldehydes is 1. The molecule has 2 aliphatic rings. The molecule has 162 valence electrons. The predicted octanol–water partition coefficient (Wildman–Crippen LogP) is 6.30. The van der Waals surface area contributed by atoms with E-state index in [0.29, 0.717) is 29.8 Å². The van der Waals surface area contributed by atoms with Gasteiger partial charge in [-0.15, -0.1) is 0 Å². The Kier molecular flexibility index (Phi) is 5.71. The number of carbonyl (C=O) groups excluding carboxylic acids is 2. The molecule has 1 saturated carbocycles. The molecule has 0 unspecified atom stereocenters. The first kappa shape index (κ1) is 20.8. The molecule has 1 heterocycles. The van der Waals surface area contributed by atoms with E-state index in [2.05, 4.69) is 6.07 Å². The average Bonchev–Trinajstić information content (AvgIpc) is 3.46. The lowest BCUT2D eigenvalue weighted by Crippen LogP contribution is -2.33. The van der Waals surface area contributed by atoms with Gasteiger partial charge in [-0.05, 0) is 71.5 Å². The summed E-state index contributed by atoms with van der Waals surface area (Å²) in [5.74, 6) is 0.925. The molecule has 5 heteroatoms. The molecule has 0 bridgehead atoms. The van der Waals surface area contributed by atoms with Gasteiger partial charge in [-0.3, -0.25) is 9.59 Å². The summed E-state index contributed by atoms with van der Waals surface area (Å²) in [4.78, 5) is 26.0. The molecule has 3 aromatic rings. The van der Waals surface area contributed by atoms with E-state index < -0.39 is 0 Å². The van der Waals surface area contributed by atoms with E-state index in [1.807, 2.05) is 47.4 Å². The third-order valence-corrected chi connectivity index (χ3v) is 6.81. The van der Waals surface area contributed by atoms with E-state index >= 15 is 0 Å². The third-order valence-electron chi connectivity index (χ3n) is 6.46. The summed E-state index contributed by atoms with van der Waals surface area (Å²) >= 11 is 6.05. The molecule has 1 fully saturated rings. The van der Waals surface area contributed by atoms with Gasteiger partial charge in [-0.25, -0.2) is 0 Å². The Bertz CT molecular complexity index is 1180. The molecule has 0 radical (unpaired) electrons. The summed E-state index contributed by atoms with van der Waals surface area (Å²) in [6, 6.07) is 19.6. The van der Waals surface area contributed by atoms with Gasteiger partial charge in [0.25, 0.3) is 5.91 Å². The van der Waals surface area contributed by atoms with Crippen LogP contribution in [0.3, 0.4) is 0 Å². The van der Waals surface area contributed by atoms with Gasteiger partial charge in [0.2, 0.25) is 0 Å². The van der Waals surface area contributed by atoms with Gasteiger partial charge in [0.05, 0.1) is 5.02 Å². The molecule has 0 spiro atoms. The SMILES string of the molecule is O=Cc1cc(-c2cccc(COc3ccc4c(c3)CN(C3CCCC3)C4=O)c2)ccc1Cl. The van der Waals surface area contributed by atoms with Crippen LogP contribution in [0.15, 0.2) is 60.7 Å². The van der Waals surface area contributed by atoms with Gasteiger partial charge in [0.15, 0.2) is 6.29 Å². The second kappa shape index (κ2) is 8.79. The first-order valence-electron chi connectivity index (χ1n) is 11.0. The van der Waals surface area contributed by atoms with Crippen LogP contribution in [-0.4, -0.2) is 23.1 Å². The summed E-state index contributed by atoms with van der Waals surface area (Å²) in [6.45, 7) is 1.10. The Labute approximate surface area is 192 Å². The van der Waals surface area contributed by atoms with Gasteiger partial charge in [-0.2, -0.15) is 0 Å². The Morgan fingerprint density at radius 2 is 1.81 bits per heavy atom.